The highest BCUT2D eigenvalue weighted by Gasteiger charge is 2.42. The highest BCUT2D eigenvalue weighted by Crippen LogP contribution is 2.36. The molecule has 2 heterocycles. The summed E-state index contributed by atoms with van der Waals surface area (Å²) in [7, 11) is 0. The SMILES string of the molecule is Fc1cccc(N2CCC3(CNC3)C2)c1. The lowest BCUT2D eigenvalue weighted by Crippen LogP contribution is -2.54. The van der Waals surface area contributed by atoms with Crippen LogP contribution in [0.2, 0.25) is 0 Å². The maximum atomic E-state index is 13.1. The van der Waals surface area contributed by atoms with Gasteiger partial charge in [0.25, 0.3) is 0 Å². The Bertz CT molecular complexity index is 374. The van der Waals surface area contributed by atoms with Gasteiger partial charge in [-0.15, -0.1) is 0 Å². The molecule has 1 aromatic carbocycles. The third-order valence-electron chi connectivity index (χ3n) is 3.61. The van der Waals surface area contributed by atoms with Crippen LogP contribution in [0.3, 0.4) is 0 Å². The zero-order valence-corrected chi connectivity index (χ0v) is 8.67. The molecule has 2 nitrogen and oxygen atoms in total. The van der Waals surface area contributed by atoms with Crippen molar-refractivity contribution in [3.63, 3.8) is 0 Å². The fourth-order valence-electron chi connectivity index (χ4n) is 2.60. The van der Waals surface area contributed by atoms with Gasteiger partial charge in [0.1, 0.15) is 5.82 Å². The van der Waals surface area contributed by atoms with Crippen LogP contribution in [-0.4, -0.2) is 26.2 Å². The van der Waals surface area contributed by atoms with E-state index in [9.17, 15) is 4.39 Å². The molecule has 3 heteroatoms. The van der Waals surface area contributed by atoms with E-state index >= 15 is 0 Å². The van der Waals surface area contributed by atoms with Gasteiger partial charge in [0.05, 0.1) is 0 Å². The Morgan fingerprint density at radius 3 is 2.80 bits per heavy atom. The first-order valence-corrected chi connectivity index (χ1v) is 5.49. The highest BCUT2D eigenvalue weighted by molar-refractivity contribution is 5.48. The van der Waals surface area contributed by atoms with Gasteiger partial charge in [0, 0.05) is 37.3 Å². The van der Waals surface area contributed by atoms with Gasteiger partial charge in [-0.1, -0.05) is 6.07 Å². The van der Waals surface area contributed by atoms with Crippen molar-refractivity contribution in [2.75, 3.05) is 31.1 Å². The van der Waals surface area contributed by atoms with E-state index < -0.39 is 0 Å². The van der Waals surface area contributed by atoms with Crippen LogP contribution in [0.4, 0.5) is 10.1 Å². The van der Waals surface area contributed by atoms with Crippen LogP contribution in [-0.2, 0) is 0 Å². The number of rotatable bonds is 1. The number of nitrogens with one attached hydrogen (secondary N) is 1. The molecule has 3 rings (SSSR count). The molecule has 15 heavy (non-hydrogen) atoms. The summed E-state index contributed by atoms with van der Waals surface area (Å²) in [4.78, 5) is 2.30. The van der Waals surface area contributed by atoms with Gasteiger partial charge < -0.3 is 10.2 Å². The third kappa shape index (κ3) is 1.51. The lowest BCUT2D eigenvalue weighted by Gasteiger charge is -2.39. The molecule has 0 aliphatic carbocycles. The van der Waals surface area contributed by atoms with Crippen LogP contribution in [0, 0.1) is 11.2 Å². The number of hydrogen-bond donors (Lipinski definition) is 1. The molecule has 0 radical (unpaired) electrons. The molecule has 1 aromatic rings. The van der Waals surface area contributed by atoms with E-state index in [4.69, 9.17) is 0 Å². The minimum absolute atomic E-state index is 0.139. The fraction of sp³-hybridized carbons (Fsp3) is 0.500. The quantitative estimate of drug-likeness (QED) is 0.751. The molecule has 0 bridgehead atoms. The number of halogens is 1. The van der Waals surface area contributed by atoms with Gasteiger partial charge in [-0.05, 0) is 24.6 Å². The van der Waals surface area contributed by atoms with Gasteiger partial charge in [0.2, 0.25) is 0 Å². The van der Waals surface area contributed by atoms with Crippen LogP contribution in [0.25, 0.3) is 0 Å². The predicted molar refractivity (Wildman–Crippen MR) is 58.5 cm³/mol. The molecule has 0 unspecified atom stereocenters. The first kappa shape index (κ1) is 9.16. The summed E-state index contributed by atoms with van der Waals surface area (Å²) < 4.78 is 13.1. The zero-order chi connectivity index (χ0) is 10.3. The van der Waals surface area contributed by atoms with Crippen molar-refractivity contribution in [3.8, 4) is 0 Å². The summed E-state index contributed by atoms with van der Waals surface area (Å²) in [6.45, 7) is 4.38. The van der Waals surface area contributed by atoms with E-state index in [1.807, 2.05) is 6.07 Å². The second-order valence-electron chi connectivity index (χ2n) is 4.75. The summed E-state index contributed by atoms with van der Waals surface area (Å²) in [6.07, 6.45) is 1.23. The minimum atomic E-state index is -0.139. The topological polar surface area (TPSA) is 15.3 Å². The normalized spacial score (nSPS) is 23.1. The minimum Gasteiger partial charge on any atom is -0.371 e. The predicted octanol–water partition coefficient (Wildman–Crippen LogP) is 1.63. The Hall–Kier alpha value is -1.09. The second kappa shape index (κ2) is 3.20. The summed E-state index contributed by atoms with van der Waals surface area (Å²) >= 11 is 0. The van der Waals surface area contributed by atoms with Gasteiger partial charge in [-0.25, -0.2) is 4.39 Å². The van der Waals surface area contributed by atoms with Crippen LogP contribution < -0.4 is 10.2 Å². The fourth-order valence-corrected chi connectivity index (χ4v) is 2.60. The summed E-state index contributed by atoms with van der Waals surface area (Å²) in [6, 6.07) is 6.91. The Kier molecular flexibility index (Phi) is 1.96. The molecule has 80 valence electrons. The summed E-state index contributed by atoms with van der Waals surface area (Å²) in [5, 5.41) is 3.33. The molecular weight excluding hydrogens is 191 g/mol. The Labute approximate surface area is 89.1 Å². The van der Waals surface area contributed by atoms with Crippen LogP contribution >= 0.6 is 0 Å². The smallest absolute Gasteiger partial charge is 0.125 e. The third-order valence-corrected chi connectivity index (χ3v) is 3.61. The molecule has 2 aliphatic heterocycles. The van der Waals surface area contributed by atoms with Crippen molar-refractivity contribution in [2.24, 2.45) is 5.41 Å². The zero-order valence-electron chi connectivity index (χ0n) is 8.67. The van der Waals surface area contributed by atoms with E-state index in [2.05, 4.69) is 10.2 Å². The molecule has 2 fully saturated rings. The van der Waals surface area contributed by atoms with E-state index in [0.29, 0.717) is 5.41 Å². The molecule has 0 saturated carbocycles. The lowest BCUT2D eigenvalue weighted by atomic mass is 9.81. The lowest BCUT2D eigenvalue weighted by molar-refractivity contribution is 0.200. The molecule has 0 atom stereocenters. The average Bonchev–Trinajstić information content (AvgIpc) is 2.62. The second-order valence-corrected chi connectivity index (χ2v) is 4.75. The summed E-state index contributed by atoms with van der Waals surface area (Å²) in [5.74, 6) is -0.139. The number of hydrogen-bond acceptors (Lipinski definition) is 2. The maximum absolute atomic E-state index is 13.1. The molecule has 0 aromatic heterocycles. The summed E-state index contributed by atoms with van der Waals surface area (Å²) in [5.41, 5.74) is 1.51. The molecule has 2 saturated heterocycles. The molecular formula is C12H15FN2. The number of nitrogens with zero attached hydrogens (tertiary/aromatic N) is 1. The Morgan fingerprint density at radius 2 is 2.20 bits per heavy atom. The molecule has 1 spiro atoms. The van der Waals surface area contributed by atoms with Crippen molar-refractivity contribution in [1.29, 1.82) is 0 Å². The van der Waals surface area contributed by atoms with E-state index in [-0.39, 0.29) is 5.82 Å². The Morgan fingerprint density at radius 1 is 1.33 bits per heavy atom. The first-order valence-electron chi connectivity index (χ1n) is 5.49. The van der Waals surface area contributed by atoms with Crippen molar-refractivity contribution >= 4 is 5.69 Å². The van der Waals surface area contributed by atoms with Crippen molar-refractivity contribution in [2.45, 2.75) is 6.42 Å². The van der Waals surface area contributed by atoms with E-state index in [1.54, 1.807) is 12.1 Å². The Balaban J connectivity index is 1.79. The van der Waals surface area contributed by atoms with Crippen molar-refractivity contribution < 1.29 is 4.39 Å². The first-order chi connectivity index (χ1) is 7.27. The van der Waals surface area contributed by atoms with Gasteiger partial charge in [-0.2, -0.15) is 0 Å². The maximum Gasteiger partial charge on any atom is 0.125 e. The van der Waals surface area contributed by atoms with Crippen LogP contribution in [0.1, 0.15) is 6.42 Å². The number of benzene rings is 1. The van der Waals surface area contributed by atoms with Gasteiger partial charge >= 0.3 is 0 Å². The van der Waals surface area contributed by atoms with Gasteiger partial charge in [-0.3, -0.25) is 0 Å². The molecule has 2 aliphatic rings. The van der Waals surface area contributed by atoms with Crippen molar-refractivity contribution in [1.82, 2.24) is 5.32 Å². The van der Waals surface area contributed by atoms with E-state index in [0.717, 1.165) is 31.9 Å². The average molecular weight is 206 g/mol. The largest absolute Gasteiger partial charge is 0.371 e. The monoisotopic (exact) mass is 206 g/mol. The van der Waals surface area contributed by atoms with Crippen LogP contribution in [0.15, 0.2) is 24.3 Å². The van der Waals surface area contributed by atoms with Crippen molar-refractivity contribution in [3.05, 3.63) is 30.1 Å². The number of anilines is 1. The van der Waals surface area contributed by atoms with Crippen LogP contribution in [0.5, 0.6) is 0 Å². The van der Waals surface area contributed by atoms with Gasteiger partial charge in [0.15, 0.2) is 0 Å². The van der Waals surface area contributed by atoms with E-state index in [1.165, 1.54) is 12.5 Å². The molecule has 0 amide bonds. The highest BCUT2D eigenvalue weighted by atomic mass is 19.1. The standard InChI is InChI=1S/C12H15FN2/c13-10-2-1-3-11(6-10)15-5-4-12(9-15)7-14-8-12/h1-3,6,14H,4-5,7-9H2. The molecule has 1 N–H and O–H groups in total.